The number of carbonyl (C=O) groups is 1. The predicted molar refractivity (Wildman–Crippen MR) is 124 cm³/mol. The van der Waals surface area contributed by atoms with Crippen LogP contribution in [-0.2, 0) is 0 Å². The van der Waals surface area contributed by atoms with Crippen LogP contribution in [0.15, 0.2) is 71.3 Å². The zero-order valence-corrected chi connectivity index (χ0v) is 19.3. The predicted octanol–water partition coefficient (Wildman–Crippen LogP) is 7.53. The molecule has 0 N–H and O–H groups in total. The van der Waals surface area contributed by atoms with E-state index >= 15 is 0 Å². The molecular formula is C23H23BrN2O2S. The van der Waals surface area contributed by atoms with Crippen molar-refractivity contribution in [2.24, 2.45) is 0 Å². The molecule has 2 aromatic carbocycles. The van der Waals surface area contributed by atoms with E-state index in [1.165, 1.54) is 11.3 Å². The van der Waals surface area contributed by atoms with E-state index in [-0.39, 0.29) is 5.78 Å². The van der Waals surface area contributed by atoms with Gasteiger partial charge in [0.25, 0.3) is 0 Å². The minimum absolute atomic E-state index is 0.0910. The van der Waals surface area contributed by atoms with Gasteiger partial charge in [0, 0.05) is 11.8 Å². The molecule has 0 spiro atoms. The zero-order valence-electron chi connectivity index (χ0n) is 16.8. The third-order valence-electron chi connectivity index (χ3n) is 3.54. The van der Waals surface area contributed by atoms with Crippen LogP contribution < -0.4 is 4.74 Å². The Morgan fingerprint density at radius 1 is 0.931 bits per heavy atom. The topological polar surface area (TPSA) is 52.1 Å². The van der Waals surface area contributed by atoms with Crippen LogP contribution in [0.1, 0.15) is 43.1 Å². The number of para-hydroxylation sites is 1. The zero-order chi connectivity index (χ0) is 21.2. The van der Waals surface area contributed by atoms with Crippen molar-refractivity contribution in [3.63, 3.8) is 0 Å². The Kier molecular flexibility index (Phi) is 8.96. The Labute approximate surface area is 183 Å². The lowest BCUT2D eigenvalue weighted by Gasteiger charge is -2.06. The van der Waals surface area contributed by atoms with Crippen LogP contribution in [0.2, 0.25) is 0 Å². The van der Waals surface area contributed by atoms with Gasteiger partial charge in [0.05, 0.1) is 14.7 Å². The standard InChI is InChI=1S/C19H11BrN2O2S.2C2H6/c20-14-4-3-11-21-18(14)24-13-9-7-12(8-10-13)17(23)19-22-15-5-1-2-6-16(15)25-19;2*1-2/h1-11H;2*1-2H3. The van der Waals surface area contributed by atoms with Crippen LogP contribution in [0, 0.1) is 0 Å². The highest BCUT2D eigenvalue weighted by atomic mass is 79.9. The number of hydrogen-bond acceptors (Lipinski definition) is 5. The van der Waals surface area contributed by atoms with E-state index in [1.54, 1.807) is 30.5 Å². The molecule has 0 aliphatic carbocycles. The molecule has 4 rings (SSSR count). The fourth-order valence-electron chi connectivity index (χ4n) is 2.33. The molecule has 0 radical (unpaired) electrons. The molecule has 0 unspecified atom stereocenters. The van der Waals surface area contributed by atoms with Crippen molar-refractivity contribution < 1.29 is 9.53 Å². The monoisotopic (exact) mass is 470 g/mol. The molecule has 0 atom stereocenters. The van der Waals surface area contributed by atoms with E-state index in [0.717, 1.165) is 14.7 Å². The highest BCUT2D eigenvalue weighted by Gasteiger charge is 2.14. The number of carbonyl (C=O) groups excluding carboxylic acids is 1. The molecule has 4 nitrogen and oxygen atoms in total. The average molecular weight is 471 g/mol. The van der Waals surface area contributed by atoms with E-state index in [9.17, 15) is 4.79 Å². The Morgan fingerprint density at radius 2 is 1.62 bits per heavy atom. The van der Waals surface area contributed by atoms with Gasteiger partial charge in [0.1, 0.15) is 5.75 Å². The lowest BCUT2D eigenvalue weighted by Crippen LogP contribution is -2.00. The molecule has 0 saturated heterocycles. The Bertz CT molecular complexity index is 1030. The summed E-state index contributed by atoms with van der Waals surface area (Å²) in [4.78, 5) is 21.2. The first kappa shape index (κ1) is 22.7. The molecule has 4 aromatic rings. The van der Waals surface area contributed by atoms with Gasteiger partial charge in [-0.1, -0.05) is 39.8 Å². The highest BCUT2D eigenvalue weighted by Crippen LogP contribution is 2.28. The number of aromatic nitrogens is 2. The number of ketones is 1. The number of hydrogen-bond donors (Lipinski definition) is 0. The van der Waals surface area contributed by atoms with Crippen molar-refractivity contribution in [1.82, 2.24) is 9.97 Å². The lowest BCUT2D eigenvalue weighted by atomic mass is 10.1. The number of thiazole rings is 1. The number of rotatable bonds is 4. The summed E-state index contributed by atoms with van der Waals surface area (Å²) in [6, 6.07) is 18.4. The van der Waals surface area contributed by atoms with Gasteiger partial charge >= 0.3 is 0 Å². The quantitative estimate of drug-likeness (QED) is 0.289. The summed E-state index contributed by atoms with van der Waals surface area (Å²) in [5.74, 6) is 1.000. The van der Waals surface area contributed by atoms with Crippen molar-refractivity contribution in [1.29, 1.82) is 0 Å². The minimum Gasteiger partial charge on any atom is -0.438 e. The Hall–Kier alpha value is -2.57. The molecule has 0 amide bonds. The summed E-state index contributed by atoms with van der Waals surface area (Å²) in [7, 11) is 0. The fraction of sp³-hybridized carbons (Fsp3) is 0.174. The molecule has 2 aromatic heterocycles. The van der Waals surface area contributed by atoms with Gasteiger partial charge in [-0.25, -0.2) is 9.97 Å². The maximum absolute atomic E-state index is 12.6. The second kappa shape index (κ2) is 11.4. The maximum Gasteiger partial charge on any atom is 0.233 e. The largest absolute Gasteiger partial charge is 0.438 e. The normalized spacial score (nSPS) is 9.69. The average Bonchev–Trinajstić information content (AvgIpc) is 3.22. The fourth-order valence-corrected chi connectivity index (χ4v) is 3.59. The lowest BCUT2D eigenvalue weighted by molar-refractivity contribution is 0.103. The third kappa shape index (κ3) is 5.71. The van der Waals surface area contributed by atoms with Crippen molar-refractivity contribution in [2.75, 3.05) is 0 Å². The molecule has 0 bridgehead atoms. The van der Waals surface area contributed by atoms with E-state index in [0.29, 0.717) is 22.2 Å². The van der Waals surface area contributed by atoms with Crippen molar-refractivity contribution in [3.05, 3.63) is 81.9 Å². The van der Waals surface area contributed by atoms with Crippen molar-refractivity contribution in [2.45, 2.75) is 27.7 Å². The molecule has 6 heteroatoms. The molecule has 0 fully saturated rings. The number of benzene rings is 2. The Balaban J connectivity index is 0.000000707. The van der Waals surface area contributed by atoms with Crippen LogP contribution in [0.4, 0.5) is 0 Å². The molecule has 0 aliphatic heterocycles. The van der Waals surface area contributed by atoms with Crippen molar-refractivity contribution >= 4 is 43.3 Å². The van der Waals surface area contributed by atoms with Crippen LogP contribution in [0.25, 0.3) is 10.2 Å². The van der Waals surface area contributed by atoms with Gasteiger partial charge in [0.2, 0.25) is 11.7 Å². The number of halogens is 1. The van der Waals surface area contributed by atoms with Crippen LogP contribution >= 0.6 is 27.3 Å². The van der Waals surface area contributed by atoms with Gasteiger partial charge in [-0.3, -0.25) is 4.79 Å². The van der Waals surface area contributed by atoms with Gasteiger partial charge in [-0.15, -0.1) is 11.3 Å². The number of nitrogens with zero attached hydrogens (tertiary/aromatic N) is 2. The minimum atomic E-state index is -0.0910. The summed E-state index contributed by atoms with van der Waals surface area (Å²) in [6.07, 6.45) is 1.66. The summed E-state index contributed by atoms with van der Waals surface area (Å²) < 4.78 is 7.49. The molecule has 0 saturated carbocycles. The van der Waals surface area contributed by atoms with Gasteiger partial charge < -0.3 is 4.74 Å². The van der Waals surface area contributed by atoms with Crippen LogP contribution in [0.5, 0.6) is 11.6 Å². The summed E-state index contributed by atoms with van der Waals surface area (Å²) >= 11 is 4.79. The van der Waals surface area contributed by atoms with E-state index < -0.39 is 0 Å². The first-order valence-corrected chi connectivity index (χ1v) is 11.1. The molecule has 0 aliphatic rings. The highest BCUT2D eigenvalue weighted by molar-refractivity contribution is 9.10. The van der Waals surface area contributed by atoms with Gasteiger partial charge in [-0.05, 0) is 64.5 Å². The SMILES string of the molecule is CC.CC.O=C(c1ccc(Oc2ncccc2Br)cc1)c1nc2ccccc2s1. The van der Waals surface area contributed by atoms with E-state index in [1.807, 2.05) is 64.1 Å². The molecular weight excluding hydrogens is 448 g/mol. The van der Waals surface area contributed by atoms with Gasteiger partial charge in [-0.2, -0.15) is 0 Å². The molecule has 150 valence electrons. The number of ether oxygens (including phenoxy) is 1. The third-order valence-corrected chi connectivity index (χ3v) is 5.18. The smallest absolute Gasteiger partial charge is 0.233 e. The molecule has 29 heavy (non-hydrogen) atoms. The number of pyridine rings is 1. The summed E-state index contributed by atoms with van der Waals surface area (Å²) in [6.45, 7) is 8.00. The van der Waals surface area contributed by atoms with Crippen LogP contribution in [-0.4, -0.2) is 15.8 Å². The second-order valence-corrected chi connectivity index (χ2v) is 7.12. The summed E-state index contributed by atoms with van der Waals surface area (Å²) in [5, 5.41) is 0.488. The first-order valence-electron chi connectivity index (χ1n) is 9.49. The first-order chi connectivity index (χ1) is 14.2. The van der Waals surface area contributed by atoms with E-state index in [2.05, 4.69) is 25.9 Å². The molecule has 2 heterocycles. The van der Waals surface area contributed by atoms with Gasteiger partial charge in [0.15, 0.2) is 5.01 Å². The van der Waals surface area contributed by atoms with Crippen LogP contribution in [0.3, 0.4) is 0 Å². The Morgan fingerprint density at radius 3 is 2.28 bits per heavy atom. The summed E-state index contributed by atoms with van der Waals surface area (Å²) in [5.41, 5.74) is 1.42. The number of fused-ring (bicyclic) bond motifs is 1. The van der Waals surface area contributed by atoms with Crippen molar-refractivity contribution in [3.8, 4) is 11.6 Å². The van der Waals surface area contributed by atoms with E-state index in [4.69, 9.17) is 4.74 Å². The maximum atomic E-state index is 12.6. The second-order valence-electron chi connectivity index (χ2n) is 5.23.